The molecule has 1 rings (SSSR count). The Morgan fingerprint density at radius 3 is 2.27 bits per heavy atom. The number of aliphatic hydroxyl groups excluding tert-OH is 3. The molecule has 5 heteroatoms. The zero-order valence-electron chi connectivity index (χ0n) is 6.17. The molecule has 1 aliphatic rings. The van der Waals surface area contributed by atoms with Crippen LogP contribution in [0, 0.1) is 0 Å². The summed E-state index contributed by atoms with van der Waals surface area (Å²) < 4.78 is 9.59. The summed E-state index contributed by atoms with van der Waals surface area (Å²) in [5.74, 6) is 0. The second-order valence-corrected chi connectivity index (χ2v) is 2.44. The van der Waals surface area contributed by atoms with Crippen molar-refractivity contribution >= 4 is 0 Å². The van der Waals surface area contributed by atoms with Crippen molar-refractivity contribution in [2.24, 2.45) is 0 Å². The van der Waals surface area contributed by atoms with Crippen LogP contribution in [0.15, 0.2) is 0 Å². The van der Waals surface area contributed by atoms with Gasteiger partial charge in [-0.1, -0.05) is 0 Å². The molecule has 5 nitrogen and oxygen atoms in total. The summed E-state index contributed by atoms with van der Waals surface area (Å²) in [5, 5.41) is 26.9. The molecule has 0 aromatic heterocycles. The fraction of sp³-hybridized carbons (Fsp3) is 1.00. The molecule has 0 radical (unpaired) electrons. The van der Waals surface area contributed by atoms with Crippen molar-refractivity contribution in [3.8, 4) is 0 Å². The molecule has 0 amide bonds. The standard InChI is InChI=1S/C6H12O5/c1-10-6-5(9)4(8)3(2-7)11-6/h3-9H,2H2,1H3/t3-,4?,5?,6-/m1/s1. The lowest BCUT2D eigenvalue weighted by Gasteiger charge is -2.11. The van der Waals surface area contributed by atoms with E-state index in [1.54, 1.807) is 0 Å². The average molecular weight is 164 g/mol. The smallest absolute Gasteiger partial charge is 0.186 e. The van der Waals surface area contributed by atoms with Gasteiger partial charge in [-0.05, 0) is 0 Å². The monoisotopic (exact) mass is 164 g/mol. The maximum Gasteiger partial charge on any atom is 0.186 e. The molecule has 66 valence electrons. The van der Waals surface area contributed by atoms with Gasteiger partial charge in [0.25, 0.3) is 0 Å². The Morgan fingerprint density at radius 1 is 1.36 bits per heavy atom. The molecule has 1 saturated heterocycles. The number of methoxy groups -OCH3 is 1. The van der Waals surface area contributed by atoms with E-state index in [9.17, 15) is 0 Å². The topological polar surface area (TPSA) is 79.2 Å². The molecule has 11 heavy (non-hydrogen) atoms. The van der Waals surface area contributed by atoms with Gasteiger partial charge < -0.3 is 24.8 Å². The second-order valence-electron chi connectivity index (χ2n) is 2.44. The van der Waals surface area contributed by atoms with Crippen LogP contribution in [0.5, 0.6) is 0 Å². The molecule has 0 aromatic carbocycles. The first-order chi connectivity index (χ1) is 5.20. The lowest BCUT2D eigenvalue weighted by atomic mass is 10.1. The molecule has 4 atom stereocenters. The zero-order chi connectivity index (χ0) is 8.43. The van der Waals surface area contributed by atoms with E-state index in [2.05, 4.69) is 4.74 Å². The molecular formula is C6H12O5. The maximum absolute atomic E-state index is 9.15. The Kier molecular flexibility index (Phi) is 2.80. The molecule has 3 N–H and O–H groups in total. The van der Waals surface area contributed by atoms with Gasteiger partial charge in [-0.2, -0.15) is 0 Å². The summed E-state index contributed by atoms with van der Waals surface area (Å²) in [6.07, 6.45) is -3.71. The maximum atomic E-state index is 9.15. The molecule has 0 aromatic rings. The van der Waals surface area contributed by atoms with E-state index in [0.29, 0.717) is 0 Å². The highest BCUT2D eigenvalue weighted by Gasteiger charge is 2.42. The molecular weight excluding hydrogens is 152 g/mol. The van der Waals surface area contributed by atoms with Crippen LogP contribution in [0.3, 0.4) is 0 Å². The van der Waals surface area contributed by atoms with Gasteiger partial charge in [-0.15, -0.1) is 0 Å². The van der Waals surface area contributed by atoms with Crippen molar-refractivity contribution in [1.82, 2.24) is 0 Å². The Balaban J connectivity index is 2.53. The summed E-state index contributed by atoms with van der Waals surface area (Å²) in [5.41, 5.74) is 0. The third-order valence-corrected chi connectivity index (χ3v) is 1.73. The number of rotatable bonds is 2. The summed E-state index contributed by atoms with van der Waals surface area (Å²) in [6.45, 7) is -0.321. The van der Waals surface area contributed by atoms with Crippen LogP contribution < -0.4 is 0 Å². The molecule has 2 unspecified atom stereocenters. The molecule has 1 fully saturated rings. The van der Waals surface area contributed by atoms with Gasteiger partial charge in [0.2, 0.25) is 0 Å². The molecule has 0 aliphatic carbocycles. The van der Waals surface area contributed by atoms with Gasteiger partial charge in [-0.25, -0.2) is 0 Å². The minimum Gasteiger partial charge on any atom is -0.394 e. The highest BCUT2D eigenvalue weighted by molar-refractivity contribution is 4.85. The van der Waals surface area contributed by atoms with Crippen LogP contribution in [-0.2, 0) is 9.47 Å². The van der Waals surface area contributed by atoms with Gasteiger partial charge in [0.05, 0.1) is 6.61 Å². The van der Waals surface area contributed by atoms with E-state index in [4.69, 9.17) is 20.1 Å². The molecule has 0 saturated carbocycles. The van der Waals surface area contributed by atoms with Crippen molar-refractivity contribution in [3.05, 3.63) is 0 Å². The van der Waals surface area contributed by atoms with Crippen molar-refractivity contribution in [3.63, 3.8) is 0 Å². The summed E-state index contributed by atoms with van der Waals surface area (Å²) in [7, 11) is 1.36. The average Bonchev–Trinajstić information content (AvgIpc) is 2.30. The summed E-state index contributed by atoms with van der Waals surface area (Å²) >= 11 is 0. The summed E-state index contributed by atoms with van der Waals surface area (Å²) in [4.78, 5) is 0. The van der Waals surface area contributed by atoms with Gasteiger partial charge in [0.15, 0.2) is 6.29 Å². The Hall–Kier alpha value is -0.200. The fourth-order valence-corrected chi connectivity index (χ4v) is 1.06. The van der Waals surface area contributed by atoms with Crippen LogP contribution >= 0.6 is 0 Å². The fourth-order valence-electron chi connectivity index (χ4n) is 1.06. The number of hydrogen-bond donors (Lipinski definition) is 3. The number of aliphatic hydroxyl groups is 3. The van der Waals surface area contributed by atoms with Crippen LogP contribution in [0.1, 0.15) is 0 Å². The van der Waals surface area contributed by atoms with Gasteiger partial charge in [0.1, 0.15) is 18.3 Å². The van der Waals surface area contributed by atoms with E-state index in [-0.39, 0.29) is 6.61 Å². The minimum absolute atomic E-state index is 0.321. The molecule has 1 aliphatic heterocycles. The quantitative estimate of drug-likeness (QED) is 0.443. The first-order valence-electron chi connectivity index (χ1n) is 3.36. The van der Waals surface area contributed by atoms with Gasteiger partial charge in [-0.3, -0.25) is 0 Å². The van der Waals surface area contributed by atoms with Crippen molar-refractivity contribution < 1.29 is 24.8 Å². The zero-order valence-corrected chi connectivity index (χ0v) is 6.17. The second kappa shape index (κ2) is 3.46. The first kappa shape index (κ1) is 8.89. The van der Waals surface area contributed by atoms with Crippen LogP contribution in [-0.4, -0.2) is 53.6 Å². The largest absolute Gasteiger partial charge is 0.394 e. The molecule has 0 bridgehead atoms. The van der Waals surface area contributed by atoms with Crippen molar-refractivity contribution in [2.45, 2.75) is 24.6 Å². The third-order valence-electron chi connectivity index (χ3n) is 1.73. The van der Waals surface area contributed by atoms with Gasteiger partial charge >= 0.3 is 0 Å². The minimum atomic E-state index is -1.07. The van der Waals surface area contributed by atoms with Crippen LogP contribution in [0.25, 0.3) is 0 Å². The van der Waals surface area contributed by atoms with Crippen LogP contribution in [0.4, 0.5) is 0 Å². The molecule has 0 spiro atoms. The Labute approximate surface area is 64.2 Å². The van der Waals surface area contributed by atoms with E-state index in [0.717, 1.165) is 0 Å². The lowest BCUT2D eigenvalue weighted by molar-refractivity contribution is -0.153. The van der Waals surface area contributed by atoms with E-state index in [1.807, 2.05) is 0 Å². The number of ether oxygens (including phenoxy) is 2. The van der Waals surface area contributed by atoms with Crippen LogP contribution in [0.2, 0.25) is 0 Å². The predicted octanol–water partition coefficient (Wildman–Crippen LogP) is -1.93. The predicted molar refractivity (Wildman–Crippen MR) is 34.8 cm³/mol. The third kappa shape index (κ3) is 1.52. The highest BCUT2D eigenvalue weighted by atomic mass is 16.7. The Bertz CT molecular complexity index is 110. The first-order valence-corrected chi connectivity index (χ1v) is 3.36. The lowest BCUT2D eigenvalue weighted by Crippen LogP contribution is -2.34. The highest BCUT2D eigenvalue weighted by Crippen LogP contribution is 2.20. The van der Waals surface area contributed by atoms with Gasteiger partial charge in [0, 0.05) is 7.11 Å². The van der Waals surface area contributed by atoms with Crippen molar-refractivity contribution in [1.29, 1.82) is 0 Å². The normalized spacial score (nSPS) is 44.7. The molecule has 1 heterocycles. The summed E-state index contributed by atoms with van der Waals surface area (Å²) in [6, 6.07) is 0. The van der Waals surface area contributed by atoms with E-state index >= 15 is 0 Å². The van der Waals surface area contributed by atoms with Crippen molar-refractivity contribution in [2.75, 3.05) is 13.7 Å². The SMILES string of the molecule is CO[C@@H]1O[C@H](CO)C(O)C1O. The number of hydrogen-bond acceptors (Lipinski definition) is 5. The Morgan fingerprint density at radius 2 is 2.00 bits per heavy atom. The van der Waals surface area contributed by atoms with E-state index < -0.39 is 24.6 Å². The van der Waals surface area contributed by atoms with E-state index in [1.165, 1.54) is 7.11 Å².